The second-order valence-corrected chi connectivity index (χ2v) is 27.3. The molecule has 0 aliphatic rings. The van der Waals surface area contributed by atoms with Gasteiger partial charge >= 0.3 is 5.97 Å². The molecule has 0 aliphatic heterocycles. The summed E-state index contributed by atoms with van der Waals surface area (Å²) in [7, 11) is 0. The summed E-state index contributed by atoms with van der Waals surface area (Å²) in [6, 6.07) is 19.3. The number of phenols is 1. The summed E-state index contributed by atoms with van der Waals surface area (Å²) in [5.74, 6) is -12.8. The molecule has 0 aliphatic carbocycles. The molecule has 0 spiro atoms. The van der Waals surface area contributed by atoms with Gasteiger partial charge in [0.05, 0.1) is 36.9 Å². The number of carboxylic acids is 1. The molecule has 2 unspecified atom stereocenters. The third-order valence-corrected chi connectivity index (χ3v) is 18.7. The molecule has 111 heavy (non-hydrogen) atoms. The number of amides is 11. The molecule has 594 valence electrons. The van der Waals surface area contributed by atoms with Gasteiger partial charge in [0.15, 0.2) is 0 Å². The van der Waals surface area contributed by atoms with Crippen LogP contribution in [-0.2, 0) is 96.1 Å². The van der Waals surface area contributed by atoms with E-state index in [4.69, 9.17) is 11.5 Å². The van der Waals surface area contributed by atoms with Crippen molar-refractivity contribution >= 4 is 107 Å². The predicted molar refractivity (Wildman–Crippen MR) is 414 cm³/mol. The zero-order valence-electron chi connectivity index (χ0n) is 60.9. The number of carbonyl (C=O) groups is 12. The lowest BCUT2D eigenvalue weighted by Gasteiger charge is -2.29. The molecule has 22 N–H and O–H groups in total. The third kappa shape index (κ3) is 27.1. The van der Waals surface area contributed by atoms with E-state index in [2.05, 4.69) is 98.7 Å². The fraction of sp³-hybridized carbons (Fsp3) is 0.382. The van der Waals surface area contributed by atoms with Gasteiger partial charge in [0.1, 0.15) is 72.2 Å². The fourth-order valence-corrected chi connectivity index (χ4v) is 12.2. The molecule has 0 bridgehead atoms. The summed E-state index contributed by atoms with van der Waals surface area (Å²) in [5.41, 5.74) is 15.5. The molecule has 0 fully saturated rings. The Labute approximate surface area is 650 Å². The standard InChI is InChI=1S/C76H96N16O17S2/c1-42(94)63(74(106)88-58(32-46-20-10-5-11-21-46)72(104)92-64(43(2)95)75(107)89-61(38-93)73(105)90-62(40-111)76(108)109)91-66(98)54(24-14-15-29-77)82-70(102)59(34-48-36-80-53-23-13-12-22-51(48)53)87-69(101)56(31-45-18-8-4-9-19-45)85-67(99)55(30-44-16-6-3-7-17-44)84-68(100)57(33-47-25-27-50(96)28-26-47)86-71(103)60(35-49-37-79-41-81-49)83-65(97)52(78)39-110/h3-13,16-23,25-28,36-37,41-43,52,54-64,80,93-96,110-111H,14-15,24,29-35,38-40,77-78H2,1-2H3,(H,79,81)(H,82,102)(H,83,97)(H,84,100)(H,85,99)(H,86,103)(H,87,101)(H,88,106)(H,89,107)(H,90,105)(H,91,98)(H,92,104)(H,108,109)/t42?,43?,52-,54-,55-,56-,57-,58-,59+,60-,61-,62-,63-,64-/m0/s1. The number of thiol groups is 2. The van der Waals surface area contributed by atoms with Gasteiger partial charge in [-0.1, -0.05) is 121 Å². The SMILES string of the molecule is CC(O)[C@H](NC(=O)[C@H](Cc1ccccc1)NC(=O)[C@@H](NC(=O)[C@H](CCCCN)NC(=O)[C@@H](Cc1c[nH]c2ccccc12)NC(=O)[C@H](Cc1ccccc1)NC(=O)[C@H](Cc1ccccc1)NC(=O)[C@H](Cc1ccc(O)cc1)NC(=O)[C@H](Cc1c[nH]cn1)NC(=O)[C@@H](N)CS)C(C)O)C(=O)N[C@@H](CO)C(=O)N[C@@H](CS)C(=O)O. The first kappa shape index (κ1) is 87.0. The predicted octanol–water partition coefficient (Wildman–Crippen LogP) is -2.16. The molecular formula is C76H96N16O17S2. The Morgan fingerprint density at radius 1 is 0.432 bits per heavy atom. The monoisotopic (exact) mass is 1570 g/mol. The Bertz CT molecular complexity index is 4240. The number of aliphatic hydroxyl groups excluding tert-OH is 3. The summed E-state index contributed by atoms with van der Waals surface area (Å²) in [5, 5.41) is 80.6. The zero-order valence-corrected chi connectivity index (χ0v) is 62.7. The molecular weight excluding hydrogens is 1470 g/mol. The number of aromatic hydroxyl groups is 1. The number of aromatic amines is 2. The molecule has 35 heteroatoms. The number of para-hydroxylation sites is 1. The highest BCUT2D eigenvalue weighted by Crippen LogP contribution is 2.21. The molecule has 0 radical (unpaired) electrons. The Kier molecular flexibility index (Phi) is 34.4. The van der Waals surface area contributed by atoms with E-state index in [-0.39, 0.29) is 75.2 Å². The van der Waals surface area contributed by atoms with Crippen molar-refractivity contribution in [3.63, 3.8) is 0 Å². The fourth-order valence-electron chi connectivity index (χ4n) is 11.8. The van der Waals surface area contributed by atoms with Crippen molar-refractivity contribution < 1.29 is 83.1 Å². The van der Waals surface area contributed by atoms with E-state index >= 15 is 19.2 Å². The maximum Gasteiger partial charge on any atom is 0.327 e. The number of imidazole rings is 1. The second-order valence-electron chi connectivity index (χ2n) is 26.5. The van der Waals surface area contributed by atoms with E-state index in [1.807, 2.05) is 0 Å². The van der Waals surface area contributed by atoms with Crippen molar-refractivity contribution in [2.75, 3.05) is 24.7 Å². The molecule has 2 heterocycles. The smallest absolute Gasteiger partial charge is 0.327 e. The van der Waals surface area contributed by atoms with Crippen LogP contribution >= 0.6 is 25.3 Å². The highest BCUT2D eigenvalue weighted by molar-refractivity contribution is 7.80. The van der Waals surface area contributed by atoms with Gasteiger partial charge in [-0.05, 0) is 85.7 Å². The van der Waals surface area contributed by atoms with Gasteiger partial charge < -0.3 is 105 Å². The normalized spacial score (nSPS) is 15.0. The van der Waals surface area contributed by atoms with Crippen molar-refractivity contribution in [2.24, 2.45) is 11.5 Å². The maximum atomic E-state index is 15.4. The first-order chi connectivity index (χ1) is 53.2. The molecule has 0 saturated carbocycles. The Hall–Kier alpha value is -11.2. The highest BCUT2D eigenvalue weighted by atomic mass is 32.1. The number of phenolic OH excluding ortho intramolecular Hbond substituents is 1. The van der Waals surface area contributed by atoms with Crippen LogP contribution in [0.4, 0.5) is 0 Å². The summed E-state index contributed by atoms with van der Waals surface area (Å²) in [6.07, 6.45) is 0.174. The zero-order chi connectivity index (χ0) is 80.7. The number of nitrogens with zero attached hydrogens (tertiary/aromatic N) is 1. The van der Waals surface area contributed by atoms with Gasteiger partial charge in [-0.3, -0.25) is 52.7 Å². The van der Waals surface area contributed by atoms with E-state index in [0.29, 0.717) is 50.8 Å². The van der Waals surface area contributed by atoms with Gasteiger partial charge in [-0.25, -0.2) is 9.78 Å². The van der Waals surface area contributed by atoms with Crippen LogP contribution in [0.5, 0.6) is 5.75 Å². The van der Waals surface area contributed by atoms with Crippen LogP contribution in [0.2, 0.25) is 0 Å². The Balaban J connectivity index is 1.17. The molecule has 0 saturated heterocycles. The van der Waals surface area contributed by atoms with Gasteiger partial charge in [-0.2, -0.15) is 25.3 Å². The topological polar surface area (TPSA) is 535 Å². The minimum atomic E-state index is -1.89. The van der Waals surface area contributed by atoms with Crippen LogP contribution in [0.25, 0.3) is 10.9 Å². The largest absolute Gasteiger partial charge is 0.508 e. The number of nitrogens with two attached hydrogens (primary N) is 2. The van der Waals surface area contributed by atoms with Gasteiger partial charge in [-0.15, -0.1) is 0 Å². The Morgan fingerprint density at radius 3 is 1.23 bits per heavy atom. The van der Waals surface area contributed by atoms with E-state index in [9.17, 15) is 63.9 Å². The number of nitrogens with one attached hydrogen (secondary N) is 13. The van der Waals surface area contributed by atoms with E-state index in [1.54, 1.807) is 121 Å². The number of aromatic nitrogens is 3. The average Bonchev–Trinajstić information content (AvgIpc) is 1.74. The number of aliphatic carboxylic acids is 1. The number of fused-ring (bicyclic) bond motifs is 1. The number of aliphatic hydroxyl groups is 3. The van der Waals surface area contributed by atoms with Crippen LogP contribution in [0.15, 0.2) is 158 Å². The number of unbranched alkanes of at least 4 members (excludes halogenated alkanes) is 1. The molecule has 14 atom stereocenters. The molecule has 7 rings (SSSR count). The van der Waals surface area contributed by atoms with Crippen molar-refractivity contribution in [1.29, 1.82) is 0 Å². The average molecular weight is 1570 g/mol. The summed E-state index contributed by atoms with van der Waals surface area (Å²) < 4.78 is 0. The first-order valence-electron chi connectivity index (χ1n) is 35.8. The minimum absolute atomic E-state index is 0.0686. The van der Waals surface area contributed by atoms with E-state index < -0.39 is 162 Å². The number of hydrogen-bond acceptors (Lipinski definition) is 21. The van der Waals surface area contributed by atoms with E-state index in [1.165, 1.54) is 36.8 Å². The summed E-state index contributed by atoms with van der Waals surface area (Å²) in [6.45, 7) is 1.37. The minimum Gasteiger partial charge on any atom is -0.508 e. The molecule has 7 aromatic rings. The van der Waals surface area contributed by atoms with Crippen LogP contribution in [0, 0.1) is 0 Å². The Morgan fingerprint density at radius 2 is 0.811 bits per heavy atom. The number of rotatable bonds is 44. The van der Waals surface area contributed by atoms with Crippen LogP contribution < -0.4 is 70.0 Å². The lowest BCUT2D eigenvalue weighted by Crippen LogP contribution is -2.63. The van der Waals surface area contributed by atoms with Crippen LogP contribution in [0.1, 0.15) is 66.6 Å². The van der Waals surface area contributed by atoms with Crippen molar-refractivity contribution in [3.8, 4) is 5.75 Å². The van der Waals surface area contributed by atoms with Crippen LogP contribution in [-0.4, -0.2) is 221 Å². The molecule has 5 aromatic carbocycles. The number of H-pyrrole nitrogens is 2. The molecule has 33 nitrogen and oxygen atoms in total. The lowest BCUT2D eigenvalue weighted by molar-refractivity contribution is -0.142. The van der Waals surface area contributed by atoms with Crippen LogP contribution in [0.3, 0.4) is 0 Å². The molecule has 11 amide bonds. The number of hydrogen-bond donors (Lipinski definition) is 22. The van der Waals surface area contributed by atoms with E-state index in [0.717, 1.165) is 13.8 Å². The van der Waals surface area contributed by atoms with Gasteiger partial charge in [0, 0.05) is 73.3 Å². The van der Waals surface area contributed by atoms with Gasteiger partial charge in [0.25, 0.3) is 0 Å². The van der Waals surface area contributed by atoms with Gasteiger partial charge in [0.2, 0.25) is 65.0 Å². The van der Waals surface area contributed by atoms with Crippen molar-refractivity contribution in [1.82, 2.24) is 73.4 Å². The quantitative estimate of drug-likeness (QED) is 0.0143. The second kappa shape index (κ2) is 43.8. The van der Waals surface area contributed by atoms with Crippen molar-refractivity contribution in [2.45, 2.75) is 156 Å². The lowest BCUT2D eigenvalue weighted by atomic mass is 9.99. The highest BCUT2D eigenvalue weighted by Gasteiger charge is 2.39. The summed E-state index contributed by atoms with van der Waals surface area (Å²) >= 11 is 8.04. The van der Waals surface area contributed by atoms with Crippen molar-refractivity contribution in [3.05, 3.63) is 192 Å². The number of carboxylic acid groups (broad SMARTS) is 1. The molecule has 2 aromatic heterocycles. The summed E-state index contributed by atoms with van der Waals surface area (Å²) in [4.78, 5) is 181. The maximum absolute atomic E-state index is 15.4. The first-order valence-corrected chi connectivity index (χ1v) is 37.1. The number of carbonyl (C=O) groups excluding carboxylic acids is 11. The number of benzene rings is 5. The third-order valence-electron chi connectivity index (χ3n) is 17.9.